The van der Waals surface area contributed by atoms with E-state index in [2.05, 4.69) is 24.4 Å². The van der Waals surface area contributed by atoms with E-state index in [-0.39, 0.29) is 6.04 Å². The van der Waals surface area contributed by atoms with E-state index in [1.54, 1.807) is 18.2 Å². The molecule has 3 N–H and O–H groups in total. The van der Waals surface area contributed by atoms with Gasteiger partial charge >= 0.3 is 5.97 Å². The van der Waals surface area contributed by atoms with Crippen LogP contribution >= 0.6 is 0 Å². The lowest BCUT2D eigenvalue weighted by atomic mass is 10.0. The molecule has 4 nitrogen and oxygen atoms in total. The molecule has 2 aromatic rings. The topological polar surface area (TPSA) is 64.3 Å². The summed E-state index contributed by atoms with van der Waals surface area (Å²) in [5.74, 6) is -0.396. The van der Waals surface area contributed by atoms with Gasteiger partial charge in [0.1, 0.15) is 0 Å². The average Bonchev–Trinajstić information content (AvgIpc) is 2.53. The van der Waals surface area contributed by atoms with E-state index >= 15 is 0 Å². The Labute approximate surface area is 124 Å². The monoisotopic (exact) mass is 284 g/mol. The van der Waals surface area contributed by atoms with Gasteiger partial charge in [-0.2, -0.15) is 0 Å². The summed E-state index contributed by atoms with van der Waals surface area (Å²) in [5.41, 5.74) is 8.79. The summed E-state index contributed by atoms with van der Waals surface area (Å²) in [7, 11) is 1.36. The second kappa shape index (κ2) is 6.79. The molecule has 1 unspecified atom stereocenters. The summed E-state index contributed by atoms with van der Waals surface area (Å²) in [5, 5.41) is 3.37. The van der Waals surface area contributed by atoms with Crippen LogP contribution in [0.5, 0.6) is 0 Å². The van der Waals surface area contributed by atoms with Crippen molar-refractivity contribution in [2.75, 3.05) is 18.2 Å². The van der Waals surface area contributed by atoms with E-state index in [9.17, 15) is 4.79 Å². The van der Waals surface area contributed by atoms with Gasteiger partial charge in [-0.1, -0.05) is 43.3 Å². The number of esters is 1. The highest BCUT2D eigenvalue weighted by molar-refractivity contribution is 5.98. The zero-order valence-corrected chi connectivity index (χ0v) is 12.3. The first-order chi connectivity index (χ1) is 10.2. The van der Waals surface area contributed by atoms with Crippen molar-refractivity contribution in [3.05, 3.63) is 59.7 Å². The highest BCUT2D eigenvalue weighted by atomic mass is 16.5. The first kappa shape index (κ1) is 14.9. The predicted molar refractivity (Wildman–Crippen MR) is 85.3 cm³/mol. The predicted octanol–water partition coefficient (Wildman–Crippen LogP) is 3.62. The van der Waals surface area contributed by atoms with Gasteiger partial charge < -0.3 is 15.8 Å². The number of carbonyl (C=O) groups excluding carboxylic acids is 1. The molecule has 0 heterocycles. The van der Waals surface area contributed by atoms with Crippen LogP contribution in [0.2, 0.25) is 0 Å². The SMILES string of the molecule is CCC(Nc1c(N)cccc1C(=O)OC)c1ccccc1. The third kappa shape index (κ3) is 3.34. The average molecular weight is 284 g/mol. The lowest BCUT2D eigenvalue weighted by Gasteiger charge is -2.21. The minimum Gasteiger partial charge on any atom is -0.465 e. The summed E-state index contributed by atoms with van der Waals surface area (Å²) in [4.78, 5) is 11.9. The lowest BCUT2D eigenvalue weighted by molar-refractivity contribution is 0.0602. The summed E-state index contributed by atoms with van der Waals surface area (Å²) >= 11 is 0. The Morgan fingerprint density at radius 2 is 1.90 bits per heavy atom. The van der Waals surface area contributed by atoms with E-state index in [0.717, 1.165) is 12.0 Å². The van der Waals surface area contributed by atoms with Gasteiger partial charge in [-0.25, -0.2) is 4.79 Å². The number of para-hydroxylation sites is 1. The van der Waals surface area contributed by atoms with Crippen LogP contribution in [-0.4, -0.2) is 13.1 Å². The molecule has 0 aliphatic heterocycles. The Balaban J connectivity index is 2.36. The van der Waals surface area contributed by atoms with Gasteiger partial charge in [0.25, 0.3) is 0 Å². The maximum absolute atomic E-state index is 11.9. The molecule has 0 aliphatic carbocycles. The van der Waals surface area contributed by atoms with Gasteiger partial charge in [0.15, 0.2) is 0 Å². The fourth-order valence-corrected chi connectivity index (χ4v) is 2.29. The van der Waals surface area contributed by atoms with Crippen LogP contribution in [0.25, 0.3) is 0 Å². The van der Waals surface area contributed by atoms with Crippen LogP contribution in [0.15, 0.2) is 48.5 Å². The number of nitrogens with two attached hydrogens (primary N) is 1. The molecule has 0 aromatic heterocycles. The van der Waals surface area contributed by atoms with Crippen molar-refractivity contribution >= 4 is 17.3 Å². The molecule has 0 aliphatic rings. The van der Waals surface area contributed by atoms with E-state index in [1.165, 1.54) is 7.11 Å². The number of rotatable bonds is 5. The smallest absolute Gasteiger partial charge is 0.340 e. The van der Waals surface area contributed by atoms with Gasteiger partial charge in [-0.05, 0) is 24.1 Å². The van der Waals surface area contributed by atoms with Crippen molar-refractivity contribution in [1.82, 2.24) is 0 Å². The third-order valence-electron chi connectivity index (χ3n) is 3.43. The number of nitrogens with one attached hydrogen (secondary N) is 1. The van der Waals surface area contributed by atoms with E-state index < -0.39 is 5.97 Å². The maximum Gasteiger partial charge on any atom is 0.340 e. The maximum atomic E-state index is 11.9. The van der Waals surface area contributed by atoms with Gasteiger partial charge in [0.05, 0.1) is 30.1 Å². The van der Waals surface area contributed by atoms with Gasteiger partial charge in [0.2, 0.25) is 0 Å². The van der Waals surface area contributed by atoms with E-state index in [4.69, 9.17) is 10.5 Å². The summed E-state index contributed by atoms with van der Waals surface area (Å²) in [6.45, 7) is 2.08. The Hall–Kier alpha value is -2.49. The molecule has 0 spiro atoms. The van der Waals surface area contributed by atoms with Crippen LogP contribution in [0.4, 0.5) is 11.4 Å². The van der Waals surface area contributed by atoms with Crippen molar-refractivity contribution in [3.63, 3.8) is 0 Å². The number of carbonyl (C=O) groups is 1. The van der Waals surface area contributed by atoms with Crippen LogP contribution in [0.1, 0.15) is 35.3 Å². The van der Waals surface area contributed by atoms with Gasteiger partial charge in [0, 0.05) is 0 Å². The standard InChI is InChI=1S/C17H20N2O2/c1-3-15(12-8-5-4-6-9-12)19-16-13(17(20)21-2)10-7-11-14(16)18/h4-11,15,19H,3,18H2,1-2H3. The van der Waals surface area contributed by atoms with Gasteiger partial charge in [-0.3, -0.25) is 0 Å². The molecule has 0 bridgehead atoms. The molecule has 4 heteroatoms. The first-order valence-corrected chi connectivity index (χ1v) is 6.95. The van der Waals surface area contributed by atoms with Crippen LogP contribution in [0, 0.1) is 0 Å². The minimum atomic E-state index is -0.396. The van der Waals surface area contributed by atoms with Crippen molar-refractivity contribution in [2.24, 2.45) is 0 Å². The number of anilines is 2. The van der Waals surface area contributed by atoms with Crippen molar-refractivity contribution in [2.45, 2.75) is 19.4 Å². The molecule has 0 amide bonds. The normalized spacial score (nSPS) is 11.7. The molecule has 2 rings (SSSR count). The van der Waals surface area contributed by atoms with Crippen molar-refractivity contribution in [3.8, 4) is 0 Å². The zero-order chi connectivity index (χ0) is 15.2. The number of methoxy groups -OCH3 is 1. The van der Waals surface area contributed by atoms with Crippen LogP contribution in [0.3, 0.4) is 0 Å². The van der Waals surface area contributed by atoms with E-state index in [1.807, 2.05) is 18.2 Å². The second-order valence-electron chi connectivity index (χ2n) is 4.78. The van der Waals surface area contributed by atoms with Crippen LogP contribution < -0.4 is 11.1 Å². The lowest BCUT2D eigenvalue weighted by Crippen LogP contribution is -2.15. The number of ether oxygens (including phenoxy) is 1. The number of hydrogen-bond acceptors (Lipinski definition) is 4. The summed E-state index contributed by atoms with van der Waals surface area (Å²) in [6, 6.07) is 15.4. The van der Waals surface area contributed by atoms with Crippen molar-refractivity contribution < 1.29 is 9.53 Å². The number of benzene rings is 2. The molecule has 21 heavy (non-hydrogen) atoms. The Morgan fingerprint density at radius 1 is 1.19 bits per heavy atom. The molecule has 0 fully saturated rings. The number of hydrogen-bond donors (Lipinski definition) is 2. The second-order valence-corrected chi connectivity index (χ2v) is 4.78. The van der Waals surface area contributed by atoms with E-state index in [0.29, 0.717) is 16.9 Å². The van der Waals surface area contributed by atoms with Gasteiger partial charge in [-0.15, -0.1) is 0 Å². The zero-order valence-electron chi connectivity index (χ0n) is 12.3. The number of nitrogen functional groups attached to an aromatic ring is 1. The third-order valence-corrected chi connectivity index (χ3v) is 3.43. The molecule has 0 saturated heterocycles. The Bertz CT molecular complexity index is 611. The van der Waals surface area contributed by atoms with Crippen LogP contribution in [-0.2, 0) is 4.74 Å². The Morgan fingerprint density at radius 3 is 2.52 bits per heavy atom. The largest absolute Gasteiger partial charge is 0.465 e. The quantitative estimate of drug-likeness (QED) is 0.650. The molecular formula is C17H20N2O2. The molecule has 1 atom stereocenters. The fraction of sp³-hybridized carbons (Fsp3) is 0.235. The molecule has 0 saturated carbocycles. The molecule has 0 radical (unpaired) electrons. The Kier molecular flexibility index (Phi) is 4.82. The first-order valence-electron chi connectivity index (χ1n) is 6.95. The summed E-state index contributed by atoms with van der Waals surface area (Å²) < 4.78 is 4.82. The highest BCUT2D eigenvalue weighted by Gasteiger charge is 2.17. The fourth-order valence-electron chi connectivity index (χ4n) is 2.29. The highest BCUT2D eigenvalue weighted by Crippen LogP contribution is 2.30. The minimum absolute atomic E-state index is 0.0827. The molecular weight excluding hydrogens is 264 g/mol. The molecule has 110 valence electrons. The van der Waals surface area contributed by atoms with Crippen molar-refractivity contribution in [1.29, 1.82) is 0 Å². The molecule has 2 aromatic carbocycles. The summed E-state index contributed by atoms with van der Waals surface area (Å²) in [6.07, 6.45) is 0.874.